The third kappa shape index (κ3) is 4.11. The van der Waals surface area contributed by atoms with Crippen LogP contribution in [0, 0.1) is 0 Å². The third-order valence-corrected chi connectivity index (χ3v) is 13.3. The van der Waals surface area contributed by atoms with Gasteiger partial charge in [0.2, 0.25) is 0 Å². The van der Waals surface area contributed by atoms with E-state index in [-0.39, 0.29) is 0 Å². The SMILES string of the molecule is C[Si](C)(C)c1ccc2c(c1)Oc1ccc(-c3c4ccccc4c(-c4ccc5c6c(cccc46)Oc4ccccc4-5)c4ccccc34)c3cccc-2c13. The molecule has 2 aliphatic heterocycles. The van der Waals surface area contributed by atoms with E-state index in [4.69, 9.17) is 9.47 Å². The van der Waals surface area contributed by atoms with E-state index < -0.39 is 8.07 Å². The predicted molar refractivity (Wildman–Crippen MR) is 221 cm³/mol. The van der Waals surface area contributed by atoms with Crippen LogP contribution in [0.25, 0.3) is 87.6 Å². The quantitative estimate of drug-likeness (QED) is 0.136. The van der Waals surface area contributed by atoms with E-state index >= 15 is 0 Å². The summed E-state index contributed by atoms with van der Waals surface area (Å²) in [7, 11) is -1.50. The summed E-state index contributed by atoms with van der Waals surface area (Å²) < 4.78 is 13.2. The van der Waals surface area contributed by atoms with Crippen LogP contribution < -0.4 is 14.7 Å². The highest BCUT2D eigenvalue weighted by Gasteiger charge is 2.27. The molecule has 0 amide bonds. The normalized spacial score (nSPS) is 12.8. The van der Waals surface area contributed by atoms with Crippen LogP contribution in [0.2, 0.25) is 19.6 Å². The van der Waals surface area contributed by atoms with E-state index in [1.165, 1.54) is 76.3 Å². The molecule has 0 spiro atoms. The molecule has 2 heterocycles. The van der Waals surface area contributed by atoms with Gasteiger partial charge in [-0.15, -0.1) is 0 Å². The standard InChI is InChI=1S/C49H34O2Si/c1-52(2,3)29-22-23-31-32-17-10-18-37-41(26-27-44(48(32)37)51-45(31)28-29)47-35-15-6-4-13-33(35)46(34-14-5-7-16-36(34)47)40-25-24-39-30-12-8-9-20-42(30)50-43-21-11-19-38(40)49(39)43/h4-28H,1-3H3. The Labute approximate surface area is 303 Å². The number of benzene rings is 9. The van der Waals surface area contributed by atoms with Crippen molar-refractivity contribution in [3.05, 3.63) is 152 Å². The second kappa shape index (κ2) is 10.7. The third-order valence-electron chi connectivity index (χ3n) is 11.2. The molecular weight excluding hydrogens is 649 g/mol. The first-order valence-corrected chi connectivity index (χ1v) is 21.6. The Morgan fingerprint density at radius 1 is 0.327 bits per heavy atom. The lowest BCUT2D eigenvalue weighted by atomic mass is 9.82. The molecule has 0 unspecified atom stereocenters. The molecule has 246 valence electrons. The van der Waals surface area contributed by atoms with Crippen molar-refractivity contribution in [2.75, 3.05) is 0 Å². The molecule has 0 bridgehead atoms. The second-order valence-corrected chi connectivity index (χ2v) is 20.3. The first-order chi connectivity index (χ1) is 25.4. The Kier molecular flexibility index (Phi) is 6.07. The van der Waals surface area contributed by atoms with Gasteiger partial charge >= 0.3 is 0 Å². The number of fused-ring (bicyclic) bond motifs is 6. The summed E-state index contributed by atoms with van der Waals surface area (Å²) in [6, 6.07) is 55.4. The smallest absolute Gasteiger partial charge is 0.135 e. The average Bonchev–Trinajstić information content (AvgIpc) is 3.17. The zero-order valence-corrected chi connectivity index (χ0v) is 30.3. The lowest BCUT2D eigenvalue weighted by molar-refractivity contribution is 0.487. The number of rotatable bonds is 3. The molecule has 11 rings (SSSR count). The Morgan fingerprint density at radius 2 is 0.750 bits per heavy atom. The van der Waals surface area contributed by atoms with Gasteiger partial charge in [0.1, 0.15) is 23.0 Å². The predicted octanol–water partition coefficient (Wildman–Crippen LogP) is 13.7. The van der Waals surface area contributed by atoms with Crippen LogP contribution in [-0.2, 0) is 0 Å². The van der Waals surface area contributed by atoms with Gasteiger partial charge in [0.25, 0.3) is 0 Å². The number of para-hydroxylation sites is 1. The number of hydrogen-bond donors (Lipinski definition) is 0. The van der Waals surface area contributed by atoms with Gasteiger partial charge in [0.15, 0.2) is 0 Å². The van der Waals surface area contributed by atoms with E-state index in [9.17, 15) is 0 Å². The van der Waals surface area contributed by atoms with Crippen molar-refractivity contribution in [3.8, 4) is 67.5 Å². The van der Waals surface area contributed by atoms with Gasteiger partial charge in [-0.1, -0.05) is 146 Å². The summed E-state index contributed by atoms with van der Waals surface area (Å²) in [5.74, 6) is 3.69. The first-order valence-electron chi connectivity index (χ1n) is 18.1. The first kappa shape index (κ1) is 29.6. The summed E-state index contributed by atoms with van der Waals surface area (Å²) in [5.41, 5.74) is 9.66. The monoisotopic (exact) mass is 682 g/mol. The van der Waals surface area contributed by atoms with Gasteiger partial charge in [-0.3, -0.25) is 0 Å². The highest BCUT2D eigenvalue weighted by atomic mass is 28.3. The molecule has 52 heavy (non-hydrogen) atoms. The van der Waals surface area contributed by atoms with E-state index in [0.717, 1.165) is 39.5 Å². The summed E-state index contributed by atoms with van der Waals surface area (Å²) in [5, 5.41) is 11.1. The molecule has 0 atom stereocenters. The fraction of sp³-hybridized carbons (Fsp3) is 0.0612. The van der Waals surface area contributed by atoms with Crippen LogP contribution in [-0.4, -0.2) is 8.07 Å². The minimum absolute atomic E-state index is 0.904. The highest BCUT2D eigenvalue weighted by molar-refractivity contribution is 6.88. The van der Waals surface area contributed by atoms with E-state index in [0.29, 0.717) is 0 Å². The maximum atomic E-state index is 6.74. The summed E-state index contributed by atoms with van der Waals surface area (Å²) >= 11 is 0. The Hall–Kier alpha value is -6.16. The van der Waals surface area contributed by atoms with Crippen molar-refractivity contribution >= 4 is 56.4 Å². The van der Waals surface area contributed by atoms with Crippen molar-refractivity contribution in [2.24, 2.45) is 0 Å². The van der Waals surface area contributed by atoms with Crippen LogP contribution in [0.3, 0.4) is 0 Å². The molecule has 0 aromatic heterocycles. The summed E-state index contributed by atoms with van der Waals surface area (Å²) in [6.07, 6.45) is 0. The van der Waals surface area contributed by atoms with Gasteiger partial charge in [-0.05, 0) is 96.0 Å². The lowest BCUT2D eigenvalue weighted by Crippen LogP contribution is -2.37. The van der Waals surface area contributed by atoms with Crippen LogP contribution >= 0.6 is 0 Å². The maximum absolute atomic E-state index is 6.74. The fourth-order valence-corrected chi connectivity index (χ4v) is 9.97. The van der Waals surface area contributed by atoms with Crippen molar-refractivity contribution in [1.82, 2.24) is 0 Å². The molecule has 0 fully saturated rings. The van der Waals surface area contributed by atoms with Crippen molar-refractivity contribution < 1.29 is 9.47 Å². The van der Waals surface area contributed by atoms with Gasteiger partial charge < -0.3 is 9.47 Å². The molecule has 2 aliphatic rings. The van der Waals surface area contributed by atoms with Crippen LogP contribution in [0.15, 0.2) is 152 Å². The fourth-order valence-electron chi connectivity index (χ4n) is 8.82. The topological polar surface area (TPSA) is 18.5 Å². The van der Waals surface area contributed by atoms with Crippen LogP contribution in [0.5, 0.6) is 23.0 Å². The van der Waals surface area contributed by atoms with Crippen LogP contribution in [0.1, 0.15) is 0 Å². The molecule has 0 saturated carbocycles. The molecule has 0 aliphatic carbocycles. The van der Waals surface area contributed by atoms with Crippen molar-refractivity contribution in [1.29, 1.82) is 0 Å². The average molecular weight is 683 g/mol. The van der Waals surface area contributed by atoms with Gasteiger partial charge in [0, 0.05) is 21.9 Å². The van der Waals surface area contributed by atoms with E-state index in [2.05, 4.69) is 165 Å². The Balaban J connectivity index is 1.19. The van der Waals surface area contributed by atoms with Crippen molar-refractivity contribution in [2.45, 2.75) is 19.6 Å². The maximum Gasteiger partial charge on any atom is 0.135 e. The molecule has 2 nitrogen and oxygen atoms in total. The molecular formula is C49H34O2Si. The molecule has 0 radical (unpaired) electrons. The molecule has 9 aromatic carbocycles. The molecule has 0 N–H and O–H groups in total. The number of hydrogen-bond acceptors (Lipinski definition) is 2. The molecule has 3 heteroatoms. The second-order valence-electron chi connectivity index (χ2n) is 15.2. The van der Waals surface area contributed by atoms with E-state index in [1.54, 1.807) is 0 Å². The number of ether oxygens (including phenoxy) is 2. The summed E-state index contributed by atoms with van der Waals surface area (Å²) in [6.45, 7) is 7.16. The highest BCUT2D eigenvalue weighted by Crippen LogP contribution is 2.53. The Morgan fingerprint density at radius 3 is 1.40 bits per heavy atom. The lowest BCUT2D eigenvalue weighted by Gasteiger charge is -2.26. The van der Waals surface area contributed by atoms with Gasteiger partial charge in [-0.2, -0.15) is 0 Å². The van der Waals surface area contributed by atoms with Crippen LogP contribution in [0.4, 0.5) is 0 Å². The minimum Gasteiger partial charge on any atom is -0.456 e. The zero-order chi connectivity index (χ0) is 34.7. The molecule has 9 aromatic rings. The zero-order valence-electron chi connectivity index (χ0n) is 29.3. The summed E-state index contributed by atoms with van der Waals surface area (Å²) in [4.78, 5) is 0. The minimum atomic E-state index is -1.50. The van der Waals surface area contributed by atoms with Gasteiger partial charge in [-0.25, -0.2) is 0 Å². The van der Waals surface area contributed by atoms with Gasteiger partial charge in [0.05, 0.1) is 8.07 Å². The van der Waals surface area contributed by atoms with E-state index in [1.807, 2.05) is 6.07 Å². The Bertz CT molecular complexity index is 2950. The molecule has 0 saturated heterocycles. The largest absolute Gasteiger partial charge is 0.456 e. The van der Waals surface area contributed by atoms with Crippen molar-refractivity contribution in [3.63, 3.8) is 0 Å².